The molecular formula is C25H24N4O5S. The predicted octanol–water partition coefficient (Wildman–Crippen LogP) is 3.87. The molecule has 0 aliphatic rings. The van der Waals surface area contributed by atoms with Crippen LogP contribution in [-0.2, 0) is 16.6 Å². The molecule has 0 aliphatic heterocycles. The third kappa shape index (κ3) is 5.02. The van der Waals surface area contributed by atoms with E-state index in [0.717, 1.165) is 0 Å². The molecule has 0 radical (unpaired) electrons. The standard InChI is InChI=1S/C25H24N4O5S/c1-3-15-29-25(31)20-12-5-4-11-19(20)23(27-29)24(30)26-17-9-8-10-18(16-17)35(32,33)28-21-13-6-7-14-22(21)34-2/h4-14,16,28H,3,15H2,1-2H3,(H,26,30). The zero-order valence-corrected chi connectivity index (χ0v) is 20.0. The van der Waals surface area contributed by atoms with Gasteiger partial charge in [0.15, 0.2) is 5.69 Å². The van der Waals surface area contributed by atoms with E-state index in [2.05, 4.69) is 15.1 Å². The molecule has 4 aromatic rings. The Hall–Kier alpha value is -4.18. The topological polar surface area (TPSA) is 119 Å². The zero-order chi connectivity index (χ0) is 25.0. The van der Waals surface area contributed by atoms with Crippen molar-refractivity contribution in [3.05, 3.63) is 88.8 Å². The van der Waals surface area contributed by atoms with Crippen LogP contribution in [0.2, 0.25) is 0 Å². The highest BCUT2D eigenvalue weighted by atomic mass is 32.2. The Morgan fingerprint density at radius 2 is 1.71 bits per heavy atom. The number of carbonyl (C=O) groups is 1. The van der Waals surface area contributed by atoms with Gasteiger partial charge in [0.2, 0.25) is 0 Å². The van der Waals surface area contributed by atoms with Gasteiger partial charge in [0.05, 0.1) is 23.1 Å². The zero-order valence-electron chi connectivity index (χ0n) is 19.2. The van der Waals surface area contributed by atoms with E-state index in [1.54, 1.807) is 54.6 Å². The summed E-state index contributed by atoms with van der Waals surface area (Å²) >= 11 is 0. The molecule has 0 unspecified atom stereocenters. The minimum Gasteiger partial charge on any atom is -0.495 e. The van der Waals surface area contributed by atoms with E-state index >= 15 is 0 Å². The molecule has 4 rings (SSSR count). The molecular weight excluding hydrogens is 468 g/mol. The minimum atomic E-state index is -3.97. The number of aryl methyl sites for hydroxylation is 1. The van der Waals surface area contributed by atoms with Crippen LogP contribution in [0, 0.1) is 0 Å². The van der Waals surface area contributed by atoms with Gasteiger partial charge in [-0.1, -0.05) is 43.3 Å². The van der Waals surface area contributed by atoms with Crippen LogP contribution in [0.1, 0.15) is 23.8 Å². The van der Waals surface area contributed by atoms with Gasteiger partial charge in [0.1, 0.15) is 5.75 Å². The lowest BCUT2D eigenvalue weighted by atomic mass is 10.1. The first-order chi connectivity index (χ1) is 16.8. The molecule has 1 amide bonds. The lowest BCUT2D eigenvalue weighted by Crippen LogP contribution is -2.27. The van der Waals surface area contributed by atoms with Gasteiger partial charge < -0.3 is 10.1 Å². The number of ether oxygens (including phenoxy) is 1. The molecule has 0 aliphatic carbocycles. The highest BCUT2D eigenvalue weighted by Gasteiger charge is 2.19. The van der Waals surface area contributed by atoms with Crippen LogP contribution in [-0.4, -0.2) is 31.2 Å². The summed E-state index contributed by atoms with van der Waals surface area (Å²) in [6.45, 7) is 2.28. The van der Waals surface area contributed by atoms with E-state index in [-0.39, 0.29) is 21.8 Å². The maximum Gasteiger partial charge on any atom is 0.276 e. The predicted molar refractivity (Wildman–Crippen MR) is 134 cm³/mol. The van der Waals surface area contributed by atoms with E-state index in [0.29, 0.717) is 35.2 Å². The normalized spacial score (nSPS) is 11.3. The first kappa shape index (κ1) is 24.0. The van der Waals surface area contributed by atoms with Crippen LogP contribution in [0.4, 0.5) is 11.4 Å². The Labute approximate surface area is 202 Å². The average Bonchev–Trinajstić information content (AvgIpc) is 2.86. The van der Waals surface area contributed by atoms with Gasteiger partial charge in [0, 0.05) is 17.6 Å². The number of para-hydroxylation sites is 2. The third-order valence-corrected chi connectivity index (χ3v) is 6.63. The number of aromatic nitrogens is 2. The van der Waals surface area contributed by atoms with Crippen molar-refractivity contribution in [2.24, 2.45) is 0 Å². The summed E-state index contributed by atoms with van der Waals surface area (Å²) in [5.74, 6) is -0.182. The lowest BCUT2D eigenvalue weighted by molar-refractivity contribution is 0.102. The second kappa shape index (κ2) is 9.98. The Kier molecular flexibility index (Phi) is 6.83. The van der Waals surface area contributed by atoms with E-state index in [1.165, 1.54) is 30.0 Å². The number of hydrogen-bond acceptors (Lipinski definition) is 6. The largest absolute Gasteiger partial charge is 0.495 e. The van der Waals surface area contributed by atoms with Gasteiger partial charge in [-0.15, -0.1) is 0 Å². The fourth-order valence-corrected chi connectivity index (χ4v) is 4.75. The molecule has 180 valence electrons. The van der Waals surface area contributed by atoms with Crippen LogP contribution < -0.4 is 20.3 Å². The SMILES string of the molecule is CCCn1nc(C(=O)Nc2cccc(S(=O)(=O)Nc3ccccc3OC)c2)c2ccccc2c1=O. The quantitative estimate of drug-likeness (QED) is 0.385. The van der Waals surface area contributed by atoms with E-state index in [1.807, 2.05) is 6.92 Å². The number of anilines is 2. The summed E-state index contributed by atoms with van der Waals surface area (Å²) in [6, 6.07) is 19.3. The Morgan fingerprint density at radius 3 is 2.46 bits per heavy atom. The van der Waals surface area contributed by atoms with Gasteiger partial charge in [-0.05, 0) is 42.8 Å². The molecule has 1 heterocycles. The smallest absolute Gasteiger partial charge is 0.276 e. The fourth-order valence-electron chi connectivity index (χ4n) is 3.63. The summed E-state index contributed by atoms with van der Waals surface area (Å²) < 4.78 is 34.9. The summed E-state index contributed by atoms with van der Waals surface area (Å²) in [4.78, 5) is 25.8. The molecule has 0 spiro atoms. The van der Waals surface area contributed by atoms with Gasteiger partial charge in [-0.2, -0.15) is 5.10 Å². The summed E-state index contributed by atoms with van der Waals surface area (Å²) in [7, 11) is -2.52. The monoisotopic (exact) mass is 492 g/mol. The van der Waals surface area contributed by atoms with Crippen molar-refractivity contribution >= 4 is 38.1 Å². The van der Waals surface area contributed by atoms with Crippen molar-refractivity contribution in [1.82, 2.24) is 9.78 Å². The summed E-state index contributed by atoms with van der Waals surface area (Å²) in [6.07, 6.45) is 0.672. The highest BCUT2D eigenvalue weighted by molar-refractivity contribution is 7.92. The number of rotatable bonds is 8. The van der Waals surface area contributed by atoms with Crippen LogP contribution in [0.3, 0.4) is 0 Å². The number of sulfonamides is 1. The van der Waals surface area contributed by atoms with Crippen molar-refractivity contribution < 1.29 is 17.9 Å². The first-order valence-corrected chi connectivity index (χ1v) is 12.4. The third-order valence-electron chi connectivity index (χ3n) is 5.27. The molecule has 0 saturated carbocycles. The molecule has 2 N–H and O–H groups in total. The lowest BCUT2D eigenvalue weighted by Gasteiger charge is -2.13. The number of methoxy groups -OCH3 is 1. The number of nitrogens with zero attached hydrogens (tertiary/aromatic N) is 2. The van der Waals surface area contributed by atoms with Crippen molar-refractivity contribution in [3.63, 3.8) is 0 Å². The molecule has 9 nitrogen and oxygen atoms in total. The number of hydrogen-bond donors (Lipinski definition) is 2. The van der Waals surface area contributed by atoms with Crippen LogP contribution >= 0.6 is 0 Å². The molecule has 0 saturated heterocycles. The van der Waals surface area contributed by atoms with E-state index < -0.39 is 15.9 Å². The minimum absolute atomic E-state index is 0.0463. The molecule has 0 fully saturated rings. The molecule has 35 heavy (non-hydrogen) atoms. The molecule has 1 aromatic heterocycles. The van der Waals surface area contributed by atoms with Gasteiger partial charge in [0.25, 0.3) is 21.5 Å². The number of benzene rings is 3. The first-order valence-electron chi connectivity index (χ1n) is 10.9. The van der Waals surface area contributed by atoms with E-state index in [9.17, 15) is 18.0 Å². The maximum atomic E-state index is 13.2. The maximum absolute atomic E-state index is 13.2. The van der Waals surface area contributed by atoms with Crippen LogP contribution in [0.15, 0.2) is 82.5 Å². The molecule has 3 aromatic carbocycles. The fraction of sp³-hybridized carbons (Fsp3) is 0.160. The second-order valence-corrected chi connectivity index (χ2v) is 9.39. The van der Waals surface area contributed by atoms with Crippen molar-refractivity contribution in [3.8, 4) is 5.75 Å². The number of fused-ring (bicyclic) bond motifs is 1. The molecule has 10 heteroatoms. The van der Waals surface area contributed by atoms with Gasteiger partial charge in [-0.25, -0.2) is 13.1 Å². The molecule has 0 bridgehead atoms. The summed E-state index contributed by atoms with van der Waals surface area (Å²) in [5.41, 5.74) is 0.360. The Bertz CT molecular complexity index is 1560. The molecule has 0 atom stereocenters. The van der Waals surface area contributed by atoms with Crippen molar-refractivity contribution in [2.45, 2.75) is 24.8 Å². The Morgan fingerprint density at radius 1 is 1.00 bits per heavy atom. The van der Waals surface area contributed by atoms with Crippen molar-refractivity contribution in [2.75, 3.05) is 17.1 Å². The number of carbonyl (C=O) groups excluding carboxylic acids is 1. The van der Waals surface area contributed by atoms with Crippen LogP contribution in [0.25, 0.3) is 10.8 Å². The highest BCUT2D eigenvalue weighted by Crippen LogP contribution is 2.27. The number of nitrogens with one attached hydrogen (secondary N) is 2. The summed E-state index contributed by atoms with van der Waals surface area (Å²) in [5, 5.41) is 7.79. The van der Waals surface area contributed by atoms with Crippen LogP contribution in [0.5, 0.6) is 5.75 Å². The second-order valence-electron chi connectivity index (χ2n) is 7.71. The van der Waals surface area contributed by atoms with E-state index in [4.69, 9.17) is 4.74 Å². The van der Waals surface area contributed by atoms with Gasteiger partial charge >= 0.3 is 0 Å². The average molecular weight is 493 g/mol. The van der Waals surface area contributed by atoms with Gasteiger partial charge in [-0.3, -0.25) is 14.3 Å². The van der Waals surface area contributed by atoms with Crippen molar-refractivity contribution in [1.29, 1.82) is 0 Å². The number of amides is 1. The Balaban J connectivity index is 1.65.